The highest BCUT2D eigenvalue weighted by molar-refractivity contribution is 7.99. The van der Waals surface area contributed by atoms with Crippen LogP contribution in [-0.4, -0.2) is 56.0 Å². The summed E-state index contributed by atoms with van der Waals surface area (Å²) in [4.78, 5) is 6.18. The molecule has 1 aromatic heterocycles. The van der Waals surface area contributed by atoms with Gasteiger partial charge in [0.15, 0.2) is 0 Å². The molecule has 0 bridgehead atoms. The molecule has 1 aliphatic heterocycles. The first-order chi connectivity index (χ1) is 9.08. The fourth-order valence-electron chi connectivity index (χ4n) is 1.77. The summed E-state index contributed by atoms with van der Waals surface area (Å²) in [5.74, 6) is 2.24. The van der Waals surface area contributed by atoms with Gasteiger partial charge < -0.3 is 4.90 Å². The molecule has 2 rings (SSSR count). The van der Waals surface area contributed by atoms with Crippen molar-refractivity contribution in [1.82, 2.24) is 14.6 Å². The van der Waals surface area contributed by atoms with Gasteiger partial charge in [-0.05, 0) is 12.1 Å². The molecule has 0 aliphatic carbocycles. The maximum absolute atomic E-state index is 12.0. The fraction of sp³-hybridized carbons (Fsp3) is 0.545. The molecule has 19 heavy (non-hydrogen) atoms. The molecule has 2 heterocycles. The second-order valence-corrected chi connectivity index (χ2v) is 7.55. The van der Waals surface area contributed by atoms with E-state index >= 15 is 0 Å². The lowest BCUT2D eigenvalue weighted by Gasteiger charge is -2.25. The molecule has 1 saturated heterocycles. The Bertz CT molecular complexity index is 501. The molecule has 0 saturated carbocycles. The zero-order chi connectivity index (χ0) is 13.7. The summed E-state index contributed by atoms with van der Waals surface area (Å²) < 4.78 is 26.5. The smallest absolute Gasteiger partial charge is 0.242 e. The number of hydrogen-bond donors (Lipinski definition) is 1. The zero-order valence-electron chi connectivity index (χ0n) is 10.4. The lowest BCUT2D eigenvalue weighted by molar-refractivity contribution is 0.307. The molecule has 0 amide bonds. The van der Waals surface area contributed by atoms with Crippen molar-refractivity contribution in [2.24, 2.45) is 0 Å². The highest BCUT2D eigenvalue weighted by Gasteiger charge is 2.15. The number of rotatable bonds is 5. The molecule has 0 spiro atoms. The monoisotopic (exact) mass is 321 g/mol. The van der Waals surface area contributed by atoms with Crippen LogP contribution in [0, 0.1) is 0 Å². The zero-order valence-corrected chi connectivity index (χ0v) is 12.8. The Morgan fingerprint density at radius 3 is 2.74 bits per heavy atom. The molecule has 0 unspecified atom stereocenters. The van der Waals surface area contributed by atoms with Crippen LogP contribution < -0.4 is 4.72 Å². The number of hydrogen-bond acceptors (Lipinski definition) is 5. The van der Waals surface area contributed by atoms with E-state index < -0.39 is 10.0 Å². The van der Waals surface area contributed by atoms with Crippen LogP contribution in [0.3, 0.4) is 0 Å². The van der Waals surface area contributed by atoms with Crippen molar-refractivity contribution in [2.45, 2.75) is 4.90 Å². The summed E-state index contributed by atoms with van der Waals surface area (Å²) in [5, 5.41) is 0.282. The van der Waals surface area contributed by atoms with Crippen molar-refractivity contribution in [3.8, 4) is 0 Å². The molecule has 106 valence electrons. The number of aromatic nitrogens is 1. The maximum atomic E-state index is 12.0. The van der Waals surface area contributed by atoms with Gasteiger partial charge in [-0.2, -0.15) is 11.8 Å². The fourth-order valence-corrected chi connectivity index (χ4v) is 3.82. The summed E-state index contributed by atoms with van der Waals surface area (Å²) in [6.45, 7) is 3.19. The standard InChI is InChI=1S/C11H16ClN3O2S2/c12-11-2-1-10(9-13-11)19(16,17)14-3-4-15-5-7-18-8-6-15/h1-2,9,14H,3-8H2. The van der Waals surface area contributed by atoms with Crippen molar-refractivity contribution in [3.63, 3.8) is 0 Å². The van der Waals surface area contributed by atoms with Gasteiger partial charge >= 0.3 is 0 Å². The van der Waals surface area contributed by atoms with Gasteiger partial charge in [-0.1, -0.05) is 11.6 Å². The molecule has 1 aromatic rings. The molecule has 1 fully saturated rings. The van der Waals surface area contributed by atoms with E-state index in [4.69, 9.17) is 11.6 Å². The van der Waals surface area contributed by atoms with Crippen molar-refractivity contribution < 1.29 is 8.42 Å². The van der Waals surface area contributed by atoms with Gasteiger partial charge in [0.1, 0.15) is 10.0 Å². The minimum Gasteiger partial charge on any atom is -0.300 e. The Balaban J connectivity index is 1.85. The van der Waals surface area contributed by atoms with Crippen LogP contribution in [-0.2, 0) is 10.0 Å². The van der Waals surface area contributed by atoms with E-state index in [1.54, 1.807) is 0 Å². The van der Waals surface area contributed by atoms with E-state index in [9.17, 15) is 8.42 Å². The van der Waals surface area contributed by atoms with Gasteiger partial charge in [-0.3, -0.25) is 0 Å². The number of thioether (sulfide) groups is 1. The third-order valence-corrected chi connectivity index (χ3v) is 5.45. The Morgan fingerprint density at radius 1 is 1.37 bits per heavy atom. The van der Waals surface area contributed by atoms with E-state index in [0.717, 1.165) is 31.1 Å². The summed E-state index contributed by atoms with van der Waals surface area (Å²) in [7, 11) is -3.48. The van der Waals surface area contributed by atoms with E-state index in [0.29, 0.717) is 6.54 Å². The third kappa shape index (κ3) is 4.61. The van der Waals surface area contributed by atoms with Crippen LogP contribution in [0.15, 0.2) is 23.2 Å². The number of sulfonamides is 1. The predicted molar refractivity (Wildman–Crippen MR) is 78.2 cm³/mol. The largest absolute Gasteiger partial charge is 0.300 e. The van der Waals surface area contributed by atoms with E-state index in [-0.39, 0.29) is 10.0 Å². The first-order valence-electron chi connectivity index (χ1n) is 5.99. The van der Waals surface area contributed by atoms with Crippen molar-refractivity contribution >= 4 is 33.4 Å². The summed E-state index contributed by atoms with van der Waals surface area (Å²) in [6.07, 6.45) is 1.27. The van der Waals surface area contributed by atoms with Crippen LogP contribution >= 0.6 is 23.4 Å². The molecule has 1 aliphatic rings. The van der Waals surface area contributed by atoms with Crippen LogP contribution in [0.2, 0.25) is 5.15 Å². The normalized spacial score (nSPS) is 17.5. The van der Waals surface area contributed by atoms with Crippen LogP contribution in [0.25, 0.3) is 0 Å². The predicted octanol–water partition coefficient (Wildman–Crippen LogP) is 1.06. The Hall–Kier alpha value is -0.340. The summed E-state index contributed by atoms with van der Waals surface area (Å²) in [5.41, 5.74) is 0. The van der Waals surface area contributed by atoms with Crippen molar-refractivity contribution in [3.05, 3.63) is 23.5 Å². The second-order valence-electron chi connectivity index (χ2n) is 4.17. The number of nitrogens with one attached hydrogen (secondary N) is 1. The molecule has 5 nitrogen and oxygen atoms in total. The second kappa shape index (κ2) is 6.90. The van der Waals surface area contributed by atoms with E-state index in [1.165, 1.54) is 18.3 Å². The first kappa shape index (κ1) is 15.1. The minimum atomic E-state index is -3.48. The minimum absolute atomic E-state index is 0.145. The van der Waals surface area contributed by atoms with Crippen LogP contribution in [0.4, 0.5) is 0 Å². The highest BCUT2D eigenvalue weighted by atomic mass is 35.5. The Labute approximate surface area is 122 Å². The van der Waals surface area contributed by atoms with Gasteiger partial charge in [0.2, 0.25) is 10.0 Å². The average Bonchev–Trinajstić information content (AvgIpc) is 2.40. The Morgan fingerprint density at radius 2 is 2.11 bits per heavy atom. The third-order valence-electron chi connectivity index (χ3n) is 2.83. The number of nitrogens with zero attached hydrogens (tertiary/aromatic N) is 2. The quantitative estimate of drug-likeness (QED) is 0.822. The lowest BCUT2D eigenvalue weighted by Crippen LogP contribution is -2.39. The summed E-state index contributed by atoms with van der Waals surface area (Å²) in [6, 6.07) is 2.92. The molecule has 0 atom stereocenters. The molecule has 0 aromatic carbocycles. The van der Waals surface area contributed by atoms with Crippen LogP contribution in [0.1, 0.15) is 0 Å². The topological polar surface area (TPSA) is 62.3 Å². The van der Waals surface area contributed by atoms with Crippen molar-refractivity contribution in [1.29, 1.82) is 0 Å². The molecule has 8 heteroatoms. The van der Waals surface area contributed by atoms with E-state index in [1.807, 2.05) is 11.8 Å². The average molecular weight is 322 g/mol. The van der Waals surface area contributed by atoms with Crippen molar-refractivity contribution in [2.75, 3.05) is 37.7 Å². The SMILES string of the molecule is O=S(=O)(NCCN1CCSCC1)c1ccc(Cl)nc1. The molecule has 0 radical (unpaired) electrons. The summed E-state index contributed by atoms with van der Waals surface area (Å²) >= 11 is 7.57. The van der Waals surface area contributed by atoms with Gasteiger partial charge in [0, 0.05) is 43.9 Å². The molecular formula is C11H16ClN3O2S2. The van der Waals surface area contributed by atoms with Gasteiger partial charge in [0.05, 0.1) is 0 Å². The highest BCUT2D eigenvalue weighted by Crippen LogP contribution is 2.11. The van der Waals surface area contributed by atoms with Crippen LogP contribution in [0.5, 0.6) is 0 Å². The maximum Gasteiger partial charge on any atom is 0.242 e. The number of halogens is 1. The molecular weight excluding hydrogens is 306 g/mol. The lowest BCUT2D eigenvalue weighted by atomic mass is 10.5. The van der Waals surface area contributed by atoms with Gasteiger partial charge in [-0.25, -0.2) is 18.1 Å². The van der Waals surface area contributed by atoms with Gasteiger partial charge in [0.25, 0.3) is 0 Å². The van der Waals surface area contributed by atoms with E-state index in [2.05, 4.69) is 14.6 Å². The van der Waals surface area contributed by atoms with Gasteiger partial charge in [-0.15, -0.1) is 0 Å². The first-order valence-corrected chi connectivity index (χ1v) is 9.01. The molecule has 1 N–H and O–H groups in total. The Kier molecular flexibility index (Phi) is 5.47. The number of pyridine rings is 1.